The molecule has 6 nitrogen and oxygen atoms in total. The largest absolute Gasteiger partial charge is 0.482 e. The van der Waals surface area contributed by atoms with Gasteiger partial charge in [0, 0.05) is 6.04 Å². The molecule has 1 atom stereocenters. The van der Waals surface area contributed by atoms with Crippen molar-refractivity contribution in [1.29, 1.82) is 0 Å². The number of fused-ring (bicyclic) bond motifs is 1. The maximum atomic E-state index is 11.9. The van der Waals surface area contributed by atoms with Crippen molar-refractivity contribution in [2.24, 2.45) is 11.5 Å². The Morgan fingerprint density at radius 1 is 1.50 bits per heavy atom. The number of benzene rings is 1. The summed E-state index contributed by atoms with van der Waals surface area (Å²) in [6.07, 6.45) is 1.82. The van der Waals surface area contributed by atoms with E-state index in [9.17, 15) is 9.59 Å². The summed E-state index contributed by atoms with van der Waals surface area (Å²) in [5, 5.41) is 0. The molecule has 6 heteroatoms. The number of anilines is 1. The lowest BCUT2D eigenvalue weighted by molar-refractivity contribution is -0.124. The van der Waals surface area contributed by atoms with Gasteiger partial charge in [0.15, 0.2) is 6.61 Å². The Morgan fingerprint density at radius 2 is 2.25 bits per heavy atom. The molecule has 1 aromatic carbocycles. The summed E-state index contributed by atoms with van der Waals surface area (Å²) >= 11 is 0. The van der Waals surface area contributed by atoms with Gasteiger partial charge in [0.2, 0.25) is 5.91 Å². The van der Waals surface area contributed by atoms with Crippen LogP contribution >= 0.6 is 0 Å². The zero-order valence-electron chi connectivity index (χ0n) is 11.5. The molecule has 0 spiro atoms. The van der Waals surface area contributed by atoms with Crippen LogP contribution in [0.5, 0.6) is 5.75 Å². The first kappa shape index (κ1) is 14.3. The van der Waals surface area contributed by atoms with E-state index in [0.29, 0.717) is 11.4 Å². The van der Waals surface area contributed by atoms with Gasteiger partial charge in [-0.05, 0) is 24.1 Å². The molecule has 2 rings (SSSR count). The zero-order valence-corrected chi connectivity index (χ0v) is 11.5. The van der Waals surface area contributed by atoms with Crippen LogP contribution in [0.25, 0.3) is 0 Å². The number of carbonyl (C=O) groups is 2. The topological polar surface area (TPSA) is 98.6 Å². The zero-order chi connectivity index (χ0) is 14.7. The lowest BCUT2D eigenvalue weighted by Crippen LogP contribution is -2.43. The van der Waals surface area contributed by atoms with Gasteiger partial charge in [0.05, 0.1) is 5.69 Å². The third kappa shape index (κ3) is 2.91. The van der Waals surface area contributed by atoms with Crippen molar-refractivity contribution in [2.75, 3.05) is 18.1 Å². The Hall–Kier alpha value is -2.08. The molecular formula is C14H19N3O3. The first-order valence-electron chi connectivity index (χ1n) is 6.64. The second-order valence-electron chi connectivity index (χ2n) is 4.86. The number of hydrogen-bond donors (Lipinski definition) is 2. The van der Waals surface area contributed by atoms with Gasteiger partial charge in [-0.2, -0.15) is 0 Å². The molecule has 0 aliphatic carbocycles. The molecule has 0 aromatic heterocycles. The SMILES string of the molecule is CCCC(N)c1ccc2c(c1)N(CC(N)=O)C(=O)CO2. The van der Waals surface area contributed by atoms with Crippen LogP contribution in [0.4, 0.5) is 5.69 Å². The molecule has 2 amide bonds. The Labute approximate surface area is 117 Å². The van der Waals surface area contributed by atoms with Crippen molar-refractivity contribution in [3.63, 3.8) is 0 Å². The fourth-order valence-electron chi connectivity index (χ4n) is 2.26. The second kappa shape index (κ2) is 5.92. The Balaban J connectivity index is 2.35. The molecule has 1 heterocycles. The van der Waals surface area contributed by atoms with Gasteiger partial charge in [0.25, 0.3) is 5.91 Å². The van der Waals surface area contributed by atoms with Crippen LogP contribution in [0.15, 0.2) is 18.2 Å². The molecule has 1 aliphatic heterocycles. The number of primary amides is 1. The summed E-state index contributed by atoms with van der Waals surface area (Å²) in [6.45, 7) is 1.83. The molecule has 108 valence electrons. The summed E-state index contributed by atoms with van der Waals surface area (Å²) in [5.41, 5.74) is 12.7. The fourth-order valence-corrected chi connectivity index (χ4v) is 2.26. The Bertz CT molecular complexity index is 530. The monoisotopic (exact) mass is 277 g/mol. The molecule has 1 unspecified atom stereocenters. The highest BCUT2D eigenvalue weighted by molar-refractivity contribution is 6.01. The van der Waals surface area contributed by atoms with Crippen LogP contribution < -0.4 is 21.1 Å². The summed E-state index contributed by atoms with van der Waals surface area (Å²) in [7, 11) is 0. The van der Waals surface area contributed by atoms with E-state index < -0.39 is 5.91 Å². The van der Waals surface area contributed by atoms with E-state index in [1.807, 2.05) is 6.07 Å². The number of nitrogens with two attached hydrogens (primary N) is 2. The van der Waals surface area contributed by atoms with Crippen molar-refractivity contribution in [3.05, 3.63) is 23.8 Å². The highest BCUT2D eigenvalue weighted by atomic mass is 16.5. The van der Waals surface area contributed by atoms with Gasteiger partial charge in [-0.25, -0.2) is 0 Å². The summed E-state index contributed by atoms with van der Waals surface area (Å²) in [4.78, 5) is 24.3. The van der Waals surface area contributed by atoms with E-state index in [2.05, 4.69) is 6.92 Å². The first-order valence-corrected chi connectivity index (χ1v) is 6.64. The van der Waals surface area contributed by atoms with E-state index in [4.69, 9.17) is 16.2 Å². The van der Waals surface area contributed by atoms with Gasteiger partial charge in [-0.3, -0.25) is 14.5 Å². The Morgan fingerprint density at radius 3 is 2.90 bits per heavy atom. The van der Waals surface area contributed by atoms with E-state index in [1.54, 1.807) is 12.1 Å². The third-order valence-electron chi connectivity index (χ3n) is 3.27. The van der Waals surface area contributed by atoms with Crippen LogP contribution in [-0.4, -0.2) is 25.0 Å². The van der Waals surface area contributed by atoms with E-state index in [1.165, 1.54) is 4.90 Å². The number of hydrogen-bond acceptors (Lipinski definition) is 4. The van der Waals surface area contributed by atoms with Crippen LogP contribution in [0, 0.1) is 0 Å². The number of ether oxygens (including phenoxy) is 1. The molecule has 1 aliphatic rings. The lowest BCUT2D eigenvalue weighted by Gasteiger charge is -2.29. The van der Waals surface area contributed by atoms with Gasteiger partial charge >= 0.3 is 0 Å². The van der Waals surface area contributed by atoms with Crippen LogP contribution in [0.3, 0.4) is 0 Å². The first-order chi connectivity index (χ1) is 9.52. The van der Waals surface area contributed by atoms with E-state index >= 15 is 0 Å². The number of amides is 2. The summed E-state index contributed by atoms with van der Waals surface area (Å²) < 4.78 is 5.36. The van der Waals surface area contributed by atoms with E-state index in [0.717, 1.165) is 18.4 Å². The van der Waals surface area contributed by atoms with Gasteiger partial charge in [0.1, 0.15) is 12.3 Å². The minimum atomic E-state index is -0.561. The third-order valence-corrected chi connectivity index (χ3v) is 3.27. The molecule has 20 heavy (non-hydrogen) atoms. The van der Waals surface area contributed by atoms with Gasteiger partial charge < -0.3 is 16.2 Å². The minimum Gasteiger partial charge on any atom is -0.482 e. The maximum absolute atomic E-state index is 11.9. The van der Waals surface area contributed by atoms with Crippen LogP contribution in [0.2, 0.25) is 0 Å². The Kier molecular flexibility index (Phi) is 4.24. The quantitative estimate of drug-likeness (QED) is 0.827. The predicted molar refractivity (Wildman–Crippen MR) is 75.3 cm³/mol. The number of nitrogens with zero attached hydrogens (tertiary/aromatic N) is 1. The highest BCUT2D eigenvalue weighted by Gasteiger charge is 2.27. The normalized spacial score (nSPS) is 15.5. The average molecular weight is 277 g/mol. The molecule has 4 N–H and O–H groups in total. The average Bonchev–Trinajstić information content (AvgIpc) is 2.41. The van der Waals surface area contributed by atoms with Crippen molar-refractivity contribution < 1.29 is 14.3 Å². The molecule has 0 saturated heterocycles. The van der Waals surface area contributed by atoms with Crippen molar-refractivity contribution >= 4 is 17.5 Å². The smallest absolute Gasteiger partial charge is 0.265 e. The summed E-state index contributed by atoms with van der Waals surface area (Å²) in [5.74, 6) is -0.273. The van der Waals surface area contributed by atoms with Crippen molar-refractivity contribution in [2.45, 2.75) is 25.8 Å². The molecular weight excluding hydrogens is 258 g/mol. The van der Waals surface area contributed by atoms with Crippen LogP contribution in [-0.2, 0) is 9.59 Å². The standard InChI is InChI=1S/C14H19N3O3/c1-2-3-10(15)9-4-5-12-11(6-9)17(7-13(16)18)14(19)8-20-12/h4-6,10H,2-3,7-8,15H2,1H3,(H2,16,18). The minimum absolute atomic E-state index is 0.0827. The second-order valence-corrected chi connectivity index (χ2v) is 4.86. The van der Waals surface area contributed by atoms with Gasteiger partial charge in [-0.15, -0.1) is 0 Å². The molecule has 0 fully saturated rings. The van der Waals surface area contributed by atoms with Crippen molar-refractivity contribution in [1.82, 2.24) is 0 Å². The van der Waals surface area contributed by atoms with E-state index in [-0.39, 0.29) is 25.1 Å². The van der Waals surface area contributed by atoms with Gasteiger partial charge in [-0.1, -0.05) is 19.4 Å². The molecule has 0 radical (unpaired) electrons. The van der Waals surface area contributed by atoms with Crippen LogP contribution in [0.1, 0.15) is 31.4 Å². The molecule has 0 bridgehead atoms. The lowest BCUT2D eigenvalue weighted by atomic mass is 10.0. The predicted octanol–water partition coefficient (Wildman–Crippen LogP) is 0.697. The van der Waals surface area contributed by atoms with Crippen molar-refractivity contribution in [3.8, 4) is 5.75 Å². The summed E-state index contributed by atoms with van der Waals surface area (Å²) in [6, 6.07) is 5.37. The highest BCUT2D eigenvalue weighted by Crippen LogP contribution is 2.34. The fraction of sp³-hybridized carbons (Fsp3) is 0.429. The molecule has 1 aromatic rings. The number of rotatable bonds is 5. The molecule has 0 saturated carbocycles. The maximum Gasteiger partial charge on any atom is 0.265 e. The number of carbonyl (C=O) groups excluding carboxylic acids is 2.